The van der Waals surface area contributed by atoms with E-state index in [1.165, 1.54) is 11.0 Å². The lowest BCUT2D eigenvalue weighted by molar-refractivity contribution is -0.141. The molecule has 0 fully saturated rings. The molecule has 2 aromatic rings. The third-order valence-corrected chi connectivity index (χ3v) is 6.62. The van der Waals surface area contributed by atoms with Gasteiger partial charge in [-0.15, -0.1) is 0 Å². The fourth-order valence-electron chi connectivity index (χ4n) is 3.59. The Morgan fingerprint density at radius 2 is 1.77 bits per heavy atom. The Balaban J connectivity index is 2.49. The number of halogens is 1. The van der Waals surface area contributed by atoms with Crippen LogP contribution >= 0.6 is 11.6 Å². The number of carbonyl (C=O) groups excluding carboxylic acids is 2. The topological polar surface area (TPSA) is 96.0 Å². The highest BCUT2D eigenvalue weighted by atomic mass is 35.5. The largest absolute Gasteiger partial charge is 0.497 e. The molecular weight excluding hydrogens is 490 g/mol. The molecule has 0 heterocycles. The third-order valence-electron chi connectivity index (χ3n) is 5.17. The minimum Gasteiger partial charge on any atom is -0.497 e. The second-order valence-corrected chi connectivity index (χ2v) is 11.6. The minimum atomic E-state index is -3.85. The van der Waals surface area contributed by atoms with Gasteiger partial charge in [0.1, 0.15) is 18.3 Å². The van der Waals surface area contributed by atoms with Gasteiger partial charge in [-0.05, 0) is 57.0 Å². The first kappa shape index (κ1) is 28.5. The van der Waals surface area contributed by atoms with Crippen LogP contribution in [-0.2, 0) is 26.2 Å². The summed E-state index contributed by atoms with van der Waals surface area (Å²) in [5, 5.41) is 3.12. The second-order valence-electron chi connectivity index (χ2n) is 9.26. The lowest BCUT2D eigenvalue weighted by atomic mass is 10.1. The van der Waals surface area contributed by atoms with Crippen molar-refractivity contribution in [3.8, 4) is 5.75 Å². The fourth-order valence-corrected chi connectivity index (χ4v) is 4.74. The zero-order chi connectivity index (χ0) is 26.4. The van der Waals surface area contributed by atoms with E-state index < -0.39 is 34.1 Å². The molecule has 1 atom stereocenters. The van der Waals surface area contributed by atoms with Gasteiger partial charge in [0.2, 0.25) is 21.8 Å². The zero-order valence-electron chi connectivity index (χ0n) is 21.0. The molecular formula is C25H34ClN3O5S. The molecule has 0 saturated heterocycles. The first-order valence-corrected chi connectivity index (χ1v) is 13.5. The zero-order valence-corrected chi connectivity index (χ0v) is 22.6. The van der Waals surface area contributed by atoms with Crippen LogP contribution in [0.3, 0.4) is 0 Å². The molecule has 10 heteroatoms. The lowest BCUT2D eigenvalue weighted by Gasteiger charge is -2.34. The molecule has 2 amide bonds. The molecule has 0 aliphatic heterocycles. The van der Waals surface area contributed by atoms with Crippen LogP contribution in [0.25, 0.3) is 0 Å². The average molecular weight is 524 g/mol. The van der Waals surface area contributed by atoms with Gasteiger partial charge in [-0.25, -0.2) is 8.42 Å². The summed E-state index contributed by atoms with van der Waals surface area (Å²) in [5.41, 5.74) is 0.424. The number of hydrogen-bond donors (Lipinski definition) is 1. The van der Waals surface area contributed by atoms with E-state index >= 15 is 0 Å². The number of rotatable bonds is 10. The molecule has 0 radical (unpaired) electrons. The normalized spacial score (nSPS) is 12.5. The van der Waals surface area contributed by atoms with E-state index in [1.54, 1.807) is 50.4 Å². The molecule has 1 N–H and O–H groups in total. The van der Waals surface area contributed by atoms with Crippen LogP contribution < -0.4 is 14.4 Å². The summed E-state index contributed by atoms with van der Waals surface area (Å²) in [7, 11) is -2.31. The number of nitrogens with one attached hydrogen (secondary N) is 1. The van der Waals surface area contributed by atoms with Crippen LogP contribution in [0.15, 0.2) is 48.5 Å². The highest BCUT2D eigenvalue weighted by molar-refractivity contribution is 7.92. The van der Waals surface area contributed by atoms with Gasteiger partial charge in [0, 0.05) is 12.1 Å². The maximum Gasteiger partial charge on any atom is 0.244 e. The molecule has 0 aromatic heterocycles. The number of amides is 2. The van der Waals surface area contributed by atoms with Crippen molar-refractivity contribution >= 4 is 39.1 Å². The van der Waals surface area contributed by atoms with Crippen LogP contribution in [-0.4, -0.2) is 56.6 Å². The Labute approximate surface area is 213 Å². The Morgan fingerprint density at radius 1 is 1.11 bits per heavy atom. The number of methoxy groups -OCH3 is 1. The van der Waals surface area contributed by atoms with Crippen molar-refractivity contribution in [1.29, 1.82) is 0 Å². The summed E-state index contributed by atoms with van der Waals surface area (Å²) in [6.45, 7) is 6.96. The number of benzene rings is 2. The Kier molecular flexibility index (Phi) is 9.57. The van der Waals surface area contributed by atoms with Gasteiger partial charge in [-0.2, -0.15) is 0 Å². The van der Waals surface area contributed by atoms with Crippen molar-refractivity contribution in [1.82, 2.24) is 10.2 Å². The molecule has 0 aliphatic carbocycles. The number of anilines is 1. The molecule has 0 unspecified atom stereocenters. The predicted molar refractivity (Wildman–Crippen MR) is 139 cm³/mol. The maximum absolute atomic E-state index is 13.7. The van der Waals surface area contributed by atoms with Crippen LogP contribution in [0.5, 0.6) is 5.75 Å². The Morgan fingerprint density at radius 3 is 2.31 bits per heavy atom. The van der Waals surface area contributed by atoms with E-state index in [1.807, 2.05) is 26.8 Å². The highest BCUT2D eigenvalue weighted by Gasteiger charge is 2.33. The summed E-state index contributed by atoms with van der Waals surface area (Å²) >= 11 is 6.26. The number of carbonyl (C=O) groups is 2. The van der Waals surface area contributed by atoms with Gasteiger partial charge in [0.05, 0.1) is 24.1 Å². The third kappa shape index (κ3) is 8.14. The first-order chi connectivity index (χ1) is 16.3. The van der Waals surface area contributed by atoms with E-state index in [0.29, 0.717) is 12.2 Å². The van der Waals surface area contributed by atoms with Crippen molar-refractivity contribution in [2.75, 3.05) is 24.2 Å². The van der Waals surface area contributed by atoms with Gasteiger partial charge < -0.3 is 15.0 Å². The van der Waals surface area contributed by atoms with Crippen molar-refractivity contribution in [2.24, 2.45) is 0 Å². The Bertz CT molecular complexity index is 1150. The summed E-state index contributed by atoms with van der Waals surface area (Å²) < 4.78 is 31.5. The van der Waals surface area contributed by atoms with Crippen molar-refractivity contribution in [3.63, 3.8) is 0 Å². The molecule has 192 valence electrons. The summed E-state index contributed by atoms with van der Waals surface area (Å²) in [4.78, 5) is 28.3. The first-order valence-electron chi connectivity index (χ1n) is 11.2. The van der Waals surface area contributed by atoms with Gasteiger partial charge >= 0.3 is 0 Å². The lowest BCUT2D eigenvalue weighted by Crippen LogP contribution is -2.55. The van der Waals surface area contributed by atoms with Gasteiger partial charge in [0.15, 0.2) is 0 Å². The van der Waals surface area contributed by atoms with Gasteiger partial charge in [0.25, 0.3) is 0 Å². The highest BCUT2D eigenvalue weighted by Crippen LogP contribution is 2.28. The summed E-state index contributed by atoms with van der Waals surface area (Å²) in [5.74, 6) is -0.245. The van der Waals surface area contributed by atoms with E-state index in [-0.39, 0.29) is 23.2 Å². The number of nitrogens with zero attached hydrogens (tertiary/aromatic N) is 2. The fraction of sp³-hybridized carbons (Fsp3) is 0.440. The number of sulfonamides is 1. The maximum atomic E-state index is 13.7. The van der Waals surface area contributed by atoms with Gasteiger partial charge in [-0.3, -0.25) is 13.9 Å². The molecule has 35 heavy (non-hydrogen) atoms. The molecule has 2 aromatic carbocycles. The molecule has 8 nitrogen and oxygen atoms in total. The molecule has 0 aliphatic rings. The summed E-state index contributed by atoms with van der Waals surface area (Å²) in [6, 6.07) is 12.8. The van der Waals surface area contributed by atoms with Crippen molar-refractivity contribution in [3.05, 3.63) is 59.1 Å². The van der Waals surface area contributed by atoms with Gasteiger partial charge in [-0.1, -0.05) is 42.8 Å². The SMILES string of the molecule is CC[C@@H](C(=O)NC(C)(C)C)N(Cc1cccc(OC)c1)C(=O)CN(c1ccccc1Cl)S(C)(=O)=O. The molecule has 0 bridgehead atoms. The standard InChI is InChI=1S/C25H34ClN3O5S/c1-7-21(24(31)27-25(2,3)4)28(16-18-11-10-12-19(15-18)34-5)23(30)17-29(35(6,32)33)22-14-9-8-13-20(22)26/h8-15,21H,7,16-17H2,1-6H3,(H,27,31)/t21-/m0/s1. The summed E-state index contributed by atoms with van der Waals surface area (Å²) in [6.07, 6.45) is 1.35. The van der Waals surface area contributed by atoms with Crippen LogP contribution in [0, 0.1) is 0 Å². The van der Waals surface area contributed by atoms with E-state index in [0.717, 1.165) is 16.1 Å². The van der Waals surface area contributed by atoms with Crippen LogP contribution in [0.2, 0.25) is 5.02 Å². The smallest absolute Gasteiger partial charge is 0.244 e. The van der Waals surface area contributed by atoms with E-state index in [9.17, 15) is 18.0 Å². The quantitative estimate of drug-likeness (QED) is 0.510. The minimum absolute atomic E-state index is 0.0895. The monoisotopic (exact) mass is 523 g/mol. The van der Waals surface area contributed by atoms with Crippen molar-refractivity contribution < 1.29 is 22.7 Å². The van der Waals surface area contributed by atoms with E-state index in [4.69, 9.17) is 16.3 Å². The molecule has 2 rings (SSSR count). The average Bonchev–Trinajstić information content (AvgIpc) is 2.76. The molecule has 0 spiro atoms. The van der Waals surface area contributed by atoms with Crippen LogP contribution in [0.1, 0.15) is 39.7 Å². The number of para-hydroxylation sites is 1. The Hall–Kier alpha value is -2.78. The predicted octanol–water partition coefficient (Wildman–Crippen LogP) is 3.84. The van der Waals surface area contributed by atoms with Crippen LogP contribution in [0.4, 0.5) is 5.69 Å². The number of ether oxygens (including phenoxy) is 1. The molecule has 0 saturated carbocycles. The van der Waals surface area contributed by atoms with E-state index in [2.05, 4.69) is 5.32 Å². The van der Waals surface area contributed by atoms with Crippen molar-refractivity contribution in [2.45, 2.75) is 52.2 Å². The second kappa shape index (κ2) is 11.8. The number of hydrogen-bond acceptors (Lipinski definition) is 5.